The third kappa shape index (κ3) is 4.10. The molecule has 7 nitrogen and oxygen atoms in total. The lowest BCUT2D eigenvalue weighted by Crippen LogP contribution is -2.56. The van der Waals surface area contributed by atoms with Gasteiger partial charge in [0.1, 0.15) is 0 Å². The van der Waals surface area contributed by atoms with Crippen LogP contribution in [0.2, 0.25) is 0 Å². The first-order valence-electron chi connectivity index (χ1n) is 10.9. The van der Waals surface area contributed by atoms with E-state index >= 15 is 0 Å². The average molecular weight is 401 g/mol. The van der Waals surface area contributed by atoms with Gasteiger partial charge in [0.25, 0.3) is 0 Å². The molecular formula is C22H32N4O3. The molecule has 3 atom stereocenters. The Hall–Kier alpha value is -2.15. The zero-order valence-corrected chi connectivity index (χ0v) is 17.5. The zero-order chi connectivity index (χ0) is 20.4. The highest BCUT2D eigenvalue weighted by molar-refractivity contribution is 5.85. The van der Waals surface area contributed by atoms with Crippen LogP contribution in [0.15, 0.2) is 18.3 Å². The maximum Gasteiger partial charge on any atom is 0.237 e. The molecule has 0 N–H and O–H groups in total. The number of aromatic nitrogens is 1. The molecule has 0 aromatic carbocycles. The van der Waals surface area contributed by atoms with E-state index in [-0.39, 0.29) is 29.8 Å². The number of likely N-dealkylation sites (tertiary alicyclic amines) is 1. The molecule has 158 valence electrons. The number of rotatable bonds is 5. The summed E-state index contributed by atoms with van der Waals surface area (Å²) < 4.78 is 5.21. The van der Waals surface area contributed by atoms with Gasteiger partial charge in [-0.05, 0) is 43.7 Å². The number of carbonyl (C=O) groups excluding carboxylic acids is 2. The summed E-state index contributed by atoms with van der Waals surface area (Å²) in [5.41, 5.74) is 1.09. The van der Waals surface area contributed by atoms with Gasteiger partial charge in [-0.15, -0.1) is 0 Å². The van der Waals surface area contributed by atoms with Gasteiger partial charge in [-0.3, -0.25) is 14.5 Å². The molecular weight excluding hydrogens is 368 g/mol. The smallest absolute Gasteiger partial charge is 0.237 e. The maximum atomic E-state index is 13.2. The minimum atomic E-state index is -0.0481. The second kappa shape index (κ2) is 8.69. The van der Waals surface area contributed by atoms with Crippen molar-refractivity contribution >= 4 is 11.8 Å². The third-order valence-corrected chi connectivity index (χ3v) is 6.67. The number of nitrogens with zero attached hydrogens (tertiary/aromatic N) is 4. The van der Waals surface area contributed by atoms with Crippen molar-refractivity contribution in [1.29, 1.82) is 0 Å². The van der Waals surface area contributed by atoms with E-state index in [9.17, 15) is 9.59 Å². The molecule has 4 rings (SSSR count). The molecule has 3 aliphatic heterocycles. The molecule has 0 spiro atoms. The summed E-state index contributed by atoms with van der Waals surface area (Å²) in [5.74, 6) is 0.965. The van der Waals surface area contributed by atoms with E-state index in [0.717, 1.165) is 50.9 Å². The summed E-state index contributed by atoms with van der Waals surface area (Å²) >= 11 is 0. The molecule has 0 unspecified atom stereocenters. The lowest BCUT2D eigenvalue weighted by atomic mass is 9.94. The number of fused-ring (bicyclic) bond motifs is 1. The predicted molar refractivity (Wildman–Crippen MR) is 109 cm³/mol. The van der Waals surface area contributed by atoms with Gasteiger partial charge in [-0.2, -0.15) is 0 Å². The number of amides is 2. The number of piperidine rings is 1. The largest absolute Gasteiger partial charge is 0.481 e. The molecule has 1 aromatic heterocycles. The first-order chi connectivity index (χ1) is 14.1. The molecule has 2 amide bonds. The van der Waals surface area contributed by atoms with Gasteiger partial charge in [0.05, 0.1) is 19.6 Å². The van der Waals surface area contributed by atoms with Crippen LogP contribution in [0.25, 0.3) is 0 Å². The number of ether oxygens (including phenoxy) is 1. The van der Waals surface area contributed by atoms with Gasteiger partial charge < -0.3 is 14.5 Å². The Labute approximate surface area is 173 Å². The molecule has 3 aliphatic rings. The van der Waals surface area contributed by atoms with Crippen molar-refractivity contribution in [2.24, 2.45) is 5.92 Å². The fourth-order valence-corrected chi connectivity index (χ4v) is 5.35. The van der Waals surface area contributed by atoms with Crippen LogP contribution >= 0.6 is 0 Å². The Kier molecular flexibility index (Phi) is 6.04. The van der Waals surface area contributed by atoms with Crippen LogP contribution in [-0.4, -0.2) is 76.9 Å². The van der Waals surface area contributed by atoms with Crippen molar-refractivity contribution in [2.45, 2.75) is 57.7 Å². The highest BCUT2D eigenvalue weighted by Crippen LogP contribution is 2.36. The molecule has 3 saturated heterocycles. The Morgan fingerprint density at radius 1 is 1.28 bits per heavy atom. The van der Waals surface area contributed by atoms with Crippen molar-refractivity contribution < 1.29 is 14.3 Å². The first kappa shape index (κ1) is 20.1. The van der Waals surface area contributed by atoms with Crippen LogP contribution in [0.4, 0.5) is 0 Å². The second-order valence-corrected chi connectivity index (χ2v) is 8.53. The fourth-order valence-electron chi connectivity index (χ4n) is 5.35. The van der Waals surface area contributed by atoms with Crippen LogP contribution in [0.5, 0.6) is 5.88 Å². The van der Waals surface area contributed by atoms with Gasteiger partial charge in [-0.25, -0.2) is 4.98 Å². The van der Waals surface area contributed by atoms with E-state index in [1.54, 1.807) is 13.3 Å². The van der Waals surface area contributed by atoms with E-state index in [2.05, 4.69) is 16.8 Å². The van der Waals surface area contributed by atoms with E-state index in [4.69, 9.17) is 4.74 Å². The Morgan fingerprint density at radius 3 is 2.79 bits per heavy atom. The second-order valence-electron chi connectivity index (χ2n) is 8.53. The topological polar surface area (TPSA) is 66.0 Å². The van der Waals surface area contributed by atoms with E-state index in [0.29, 0.717) is 19.0 Å². The lowest BCUT2D eigenvalue weighted by molar-refractivity contribution is -0.142. The van der Waals surface area contributed by atoms with Gasteiger partial charge in [0.2, 0.25) is 17.7 Å². The van der Waals surface area contributed by atoms with Crippen molar-refractivity contribution in [3.63, 3.8) is 0 Å². The molecule has 0 bridgehead atoms. The van der Waals surface area contributed by atoms with Crippen LogP contribution in [0.1, 0.15) is 44.6 Å². The van der Waals surface area contributed by atoms with E-state index < -0.39 is 0 Å². The average Bonchev–Trinajstić information content (AvgIpc) is 3.13. The SMILES string of the molecule is CC[C@@H]1[C@H](C(=O)N2CCCCC2)C[C@@H]2CN(Cc3ccnc(OC)c3)CC(=O)N21. The van der Waals surface area contributed by atoms with Crippen LogP contribution in [0.3, 0.4) is 0 Å². The highest BCUT2D eigenvalue weighted by Gasteiger charge is 2.49. The predicted octanol–water partition coefficient (Wildman–Crippen LogP) is 1.91. The first-order valence-corrected chi connectivity index (χ1v) is 10.9. The number of piperazine rings is 1. The summed E-state index contributed by atoms with van der Waals surface area (Å²) in [5, 5.41) is 0. The van der Waals surface area contributed by atoms with Gasteiger partial charge >= 0.3 is 0 Å². The van der Waals surface area contributed by atoms with Gasteiger partial charge in [-0.1, -0.05) is 6.92 Å². The highest BCUT2D eigenvalue weighted by atomic mass is 16.5. The summed E-state index contributed by atoms with van der Waals surface area (Å²) in [6.07, 6.45) is 6.79. The van der Waals surface area contributed by atoms with Crippen molar-refractivity contribution in [1.82, 2.24) is 19.7 Å². The normalized spacial score (nSPS) is 27.8. The zero-order valence-electron chi connectivity index (χ0n) is 17.5. The number of methoxy groups -OCH3 is 1. The Balaban J connectivity index is 1.46. The number of pyridine rings is 1. The molecule has 7 heteroatoms. The third-order valence-electron chi connectivity index (χ3n) is 6.67. The minimum absolute atomic E-state index is 0.0464. The number of hydrogen-bond donors (Lipinski definition) is 0. The Morgan fingerprint density at radius 2 is 2.07 bits per heavy atom. The van der Waals surface area contributed by atoms with Gasteiger partial charge in [0, 0.05) is 50.5 Å². The van der Waals surface area contributed by atoms with Gasteiger partial charge in [0.15, 0.2) is 0 Å². The minimum Gasteiger partial charge on any atom is -0.481 e. The quantitative estimate of drug-likeness (QED) is 0.755. The molecule has 29 heavy (non-hydrogen) atoms. The molecule has 0 saturated carbocycles. The summed E-state index contributed by atoms with van der Waals surface area (Å²) in [4.78, 5) is 36.7. The Bertz CT molecular complexity index is 749. The molecule has 3 fully saturated rings. The number of hydrogen-bond acceptors (Lipinski definition) is 5. The molecule has 0 aliphatic carbocycles. The van der Waals surface area contributed by atoms with Crippen molar-refractivity contribution in [2.75, 3.05) is 33.3 Å². The summed E-state index contributed by atoms with van der Waals surface area (Å²) in [6, 6.07) is 4.06. The van der Waals surface area contributed by atoms with E-state index in [1.807, 2.05) is 21.9 Å². The summed E-state index contributed by atoms with van der Waals surface area (Å²) in [6.45, 7) is 5.77. The maximum absolute atomic E-state index is 13.2. The van der Waals surface area contributed by atoms with Crippen LogP contribution in [0, 0.1) is 5.92 Å². The van der Waals surface area contributed by atoms with E-state index in [1.165, 1.54) is 6.42 Å². The molecule has 0 radical (unpaired) electrons. The summed E-state index contributed by atoms with van der Waals surface area (Å²) in [7, 11) is 1.61. The fraction of sp³-hybridized carbons (Fsp3) is 0.682. The monoisotopic (exact) mass is 400 g/mol. The standard InChI is InChI=1S/C22H32N4O3/c1-3-19-18(22(28)25-9-5-4-6-10-25)12-17-14-24(15-21(27)26(17)19)13-16-7-8-23-20(11-16)29-2/h7-8,11,17-19H,3-6,9-10,12-15H2,1-2H3/t17-,18-,19-/m1/s1. The molecule has 4 heterocycles. The van der Waals surface area contributed by atoms with Crippen molar-refractivity contribution in [3.8, 4) is 5.88 Å². The molecule has 1 aromatic rings. The number of carbonyl (C=O) groups is 2. The van der Waals surface area contributed by atoms with Crippen molar-refractivity contribution in [3.05, 3.63) is 23.9 Å². The lowest BCUT2D eigenvalue weighted by Gasteiger charge is -2.40. The van der Waals surface area contributed by atoms with Crippen LogP contribution < -0.4 is 4.74 Å². The van der Waals surface area contributed by atoms with Crippen LogP contribution in [-0.2, 0) is 16.1 Å².